The van der Waals surface area contributed by atoms with Crippen LogP contribution in [0, 0.1) is 5.92 Å². The van der Waals surface area contributed by atoms with Crippen LogP contribution in [0.3, 0.4) is 0 Å². The zero-order chi connectivity index (χ0) is 31.9. The second kappa shape index (κ2) is 9.36. The summed E-state index contributed by atoms with van der Waals surface area (Å²) >= 11 is 0. The molecule has 242 valence electrons. The Bertz CT molecular complexity index is 1870. The van der Waals surface area contributed by atoms with Gasteiger partial charge >= 0.3 is 0 Å². The van der Waals surface area contributed by atoms with Crippen LogP contribution in [-0.4, -0.2) is 92.6 Å². The fourth-order valence-electron chi connectivity index (χ4n) is 11.5. The third kappa shape index (κ3) is 3.21. The number of aromatic hydroxyl groups is 2. The van der Waals surface area contributed by atoms with Gasteiger partial charge in [0.25, 0.3) is 0 Å². The van der Waals surface area contributed by atoms with E-state index in [4.69, 9.17) is 19.7 Å². The molecule has 2 saturated heterocycles. The van der Waals surface area contributed by atoms with Gasteiger partial charge in [0.15, 0.2) is 35.2 Å². The topological polar surface area (TPSA) is 110 Å². The number of aliphatic hydroxyl groups is 1. The smallest absolute Gasteiger partial charge is 0.166 e. The molecular formula is C38H40N4O5. The molecular weight excluding hydrogens is 592 g/mol. The lowest BCUT2D eigenvalue weighted by atomic mass is 9.49. The Morgan fingerprint density at radius 3 is 2.34 bits per heavy atom. The molecule has 0 amide bonds. The summed E-state index contributed by atoms with van der Waals surface area (Å²) in [6, 6.07) is 7.78. The van der Waals surface area contributed by atoms with E-state index in [9.17, 15) is 15.3 Å². The maximum absolute atomic E-state index is 12.7. The molecule has 4 heterocycles. The molecule has 4 aliphatic heterocycles. The number of rotatable bonds is 5. The van der Waals surface area contributed by atoms with Crippen molar-refractivity contribution < 1.29 is 24.8 Å². The molecule has 9 heteroatoms. The van der Waals surface area contributed by atoms with Crippen LogP contribution < -0.4 is 9.47 Å². The van der Waals surface area contributed by atoms with Crippen molar-refractivity contribution in [2.75, 3.05) is 26.2 Å². The normalized spacial score (nSPS) is 40.1. The van der Waals surface area contributed by atoms with Crippen molar-refractivity contribution in [1.29, 1.82) is 0 Å². The summed E-state index contributed by atoms with van der Waals surface area (Å²) in [5.74, 6) is 1.59. The predicted octanol–water partition coefficient (Wildman–Crippen LogP) is 3.94. The van der Waals surface area contributed by atoms with Gasteiger partial charge in [-0.05, 0) is 74.4 Å². The minimum Gasteiger partial charge on any atom is -0.504 e. The number of benzene rings is 2. The Morgan fingerprint density at radius 2 is 1.55 bits per heavy atom. The molecule has 2 aromatic carbocycles. The molecule has 2 aromatic rings. The van der Waals surface area contributed by atoms with Crippen LogP contribution in [-0.2, 0) is 23.7 Å². The van der Waals surface area contributed by atoms with Gasteiger partial charge in [-0.25, -0.2) is 0 Å². The molecule has 0 radical (unpaired) electrons. The van der Waals surface area contributed by atoms with E-state index in [0.29, 0.717) is 49.8 Å². The average Bonchev–Trinajstić information content (AvgIpc) is 3.60. The van der Waals surface area contributed by atoms with Crippen LogP contribution >= 0.6 is 0 Å². The monoisotopic (exact) mass is 632 g/mol. The lowest BCUT2D eigenvalue weighted by molar-refractivity contribution is -0.163. The van der Waals surface area contributed by atoms with Gasteiger partial charge in [0.05, 0.1) is 22.1 Å². The lowest BCUT2D eigenvalue weighted by Gasteiger charge is -2.62. The molecule has 4 aliphatic carbocycles. The van der Waals surface area contributed by atoms with Crippen LogP contribution in [0.1, 0.15) is 47.9 Å². The zero-order valence-corrected chi connectivity index (χ0v) is 26.4. The first-order valence-corrected chi connectivity index (χ1v) is 17.1. The van der Waals surface area contributed by atoms with Crippen molar-refractivity contribution in [3.8, 4) is 23.0 Å². The van der Waals surface area contributed by atoms with Gasteiger partial charge in [-0.15, -0.1) is 13.2 Å². The average molecular weight is 633 g/mol. The highest BCUT2D eigenvalue weighted by molar-refractivity contribution is 6.03. The highest BCUT2D eigenvalue weighted by atomic mass is 16.5. The molecule has 3 N–H and O–H groups in total. The van der Waals surface area contributed by atoms with E-state index in [1.807, 2.05) is 18.2 Å². The van der Waals surface area contributed by atoms with Gasteiger partial charge < -0.3 is 24.8 Å². The molecule has 8 aliphatic rings. The molecule has 3 fully saturated rings. The Kier molecular flexibility index (Phi) is 5.60. The van der Waals surface area contributed by atoms with Gasteiger partial charge in [-0.3, -0.25) is 9.80 Å². The second-order valence-corrected chi connectivity index (χ2v) is 14.9. The minimum atomic E-state index is -1.03. The van der Waals surface area contributed by atoms with E-state index in [2.05, 4.69) is 41.2 Å². The van der Waals surface area contributed by atoms with Crippen molar-refractivity contribution in [2.24, 2.45) is 16.1 Å². The van der Waals surface area contributed by atoms with E-state index < -0.39 is 17.1 Å². The Morgan fingerprint density at radius 1 is 0.851 bits per heavy atom. The molecule has 2 spiro atoms. The summed E-state index contributed by atoms with van der Waals surface area (Å²) in [6.07, 6.45) is 11.6. The van der Waals surface area contributed by atoms with E-state index >= 15 is 0 Å². The summed E-state index contributed by atoms with van der Waals surface area (Å²) in [5.41, 5.74) is 3.93. The van der Waals surface area contributed by atoms with Crippen LogP contribution in [0.5, 0.6) is 23.0 Å². The Labute approximate surface area is 274 Å². The van der Waals surface area contributed by atoms with E-state index in [-0.39, 0.29) is 35.0 Å². The fourth-order valence-corrected chi connectivity index (χ4v) is 11.5. The zero-order valence-electron chi connectivity index (χ0n) is 26.4. The van der Waals surface area contributed by atoms with E-state index in [0.717, 1.165) is 60.6 Å². The van der Waals surface area contributed by atoms with Crippen LogP contribution in [0.2, 0.25) is 0 Å². The summed E-state index contributed by atoms with van der Waals surface area (Å²) in [6.45, 7) is 11.3. The van der Waals surface area contributed by atoms with Crippen molar-refractivity contribution in [2.45, 2.75) is 79.2 Å². The van der Waals surface area contributed by atoms with Crippen LogP contribution in [0.15, 0.2) is 71.9 Å². The fraction of sp³-hybridized carbons (Fsp3) is 0.474. The first kappa shape index (κ1) is 28.1. The standard InChI is InChI=1S/C38H40N4O5/c1-3-15-41-17-13-36-23-7-8-24(34(36)46-32-27(43)9-5-21(30(32)36)19-26(23)41)39-40-25-11-12-38(45)29-20-22-6-10-28(44)33-31(22)37(38,35(25)47-33)14-18-42(29)16-4-2/h3-10,23,26,29,34-35,43-45H,1-2,11-20H2/b39-24+,40-25+/t23-,26+,29?,34-,35-,36-,37-,38+/m0/s1. The van der Waals surface area contributed by atoms with Gasteiger partial charge in [0.1, 0.15) is 5.71 Å². The molecule has 8 atom stereocenters. The third-order valence-corrected chi connectivity index (χ3v) is 13.3. The quantitative estimate of drug-likeness (QED) is 0.339. The van der Waals surface area contributed by atoms with Crippen molar-refractivity contribution >= 4 is 11.4 Å². The lowest BCUT2D eigenvalue weighted by Crippen LogP contribution is -2.76. The highest BCUT2D eigenvalue weighted by Crippen LogP contribution is 2.65. The number of phenols is 2. The molecule has 1 unspecified atom stereocenters. The number of likely N-dealkylation sites (tertiary alicyclic amines) is 2. The van der Waals surface area contributed by atoms with Gasteiger partial charge in [0.2, 0.25) is 0 Å². The van der Waals surface area contributed by atoms with Crippen LogP contribution in [0.25, 0.3) is 0 Å². The van der Waals surface area contributed by atoms with Gasteiger partial charge in [-0.2, -0.15) is 10.2 Å². The number of hydrogen-bond acceptors (Lipinski definition) is 9. The van der Waals surface area contributed by atoms with Crippen LogP contribution in [0.4, 0.5) is 0 Å². The van der Waals surface area contributed by atoms with Gasteiger partial charge in [0, 0.05) is 48.8 Å². The molecule has 1 saturated carbocycles. The maximum atomic E-state index is 12.7. The van der Waals surface area contributed by atoms with Crippen molar-refractivity contribution in [3.05, 3.63) is 84.0 Å². The van der Waals surface area contributed by atoms with Crippen molar-refractivity contribution in [1.82, 2.24) is 9.80 Å². The number of ether oxygens (including phenoxy) is 2. The maximum Gasteiger partial charge on any atom is 0.166 e. The first-order valence-electron chi connectivity index (χ1n) is 17.1. The van der Waals surface area contributed by atoms with Crippen molar-refractivity contribution in [3.63, 3.8) is 0 Å². The largest absolute Gasteiger partial charge is 0.504 e. The first-order chi connectivity index (χ1) is 22.9. The molecule has 47 heavy (non-hydrogen) atoms. The number of hydrogen-bond donors (Lipinski definition) is 3. The molecule has 4 bridgehead atoms. The molecule has 0 aromatic heterocycles. The molecule has 10 rings (SSSR count). The van der Waals surface area contributed by atoms with E-state index in [1.54, 1.807) is 12.1 Å². The number of phenolic OH excluding ortho intramolecular Hbond substituents is 2. The predicted molar refractivity (Wildman–Crippen MR) is 178 cm³/mol. The minimum absolute atomic E-state index is 0.0769. The van der Waals surface area contributed by atoms with E-state index in [1.165, 1.54) is 5.56 Å². The molecule has 9 nitrogen and oxygen atoms in total. The summed E-state index contributed by atoms with van der Waals surface area (Å²) in [4.78, 5) is 4.88. The number of piperidine rings is 2. The Hall–Kier alpha value is -3.92. The van der Waals surface area contributed by atoms with Gasteiger partial charge in [-0.1, -0.05) is 30.4 Å². The Balaban J connectivity index is 1.08. The number of nitrogens with zero attached hydrogens (tertiary/aromatic N) is 4. The SMILES string of the molecule is C=CCN1CC[C@]23c4c5ccc(O)c4O[C@H]2/C(=N/N=C2\C=C[C@H]4[C@H]6Cc7ccc(O)c8c7[C@@]4(CCN6CC=C)[C@H]2O8)CC[C@@]3(O)C1C5. The highest BCUT2D eigenvalue weighted by Gasteiger charge is 2.72. The second-order valence-electron chi connectivity index (χ2n) is 14.9. The summed E-state index contributed by atoms with van der Waals surface area (Å²) in [7, 11) is 0. The summed E-state index contributed by atoms with van der Waals surface area (Å²) < 4.78 is 13.4. The third-order valence-electron chi connectivity index (χ3n) is 13.3. The summed E-state index contributed by atoms with van der Waals surface area (Å²) in [5, 5.41) is 44.6.